The first-order valence-corrected chi connectivity index (χ1v) is 41.4. The van der Waals surface area contributed by atoms with E-state index in [4.69, 9.17) is 44.9 Å². The number of nitrogens with zero attached hydrogens (tertiary/aromatic N) is 1. The van der Waals surface area contributed by atoms with Crippen molar-refractivity contribution in [3.05, 3.63) is 338 Å². The maximum Gasteiger partial charge on any atom is 0.343 e. The van der Waals surface area contributed by atoms with Crippen molar-refractivity contribution < 1.29 is 112 Å². The molecule has 1 amide bonds. The summed E-state index contributed by atoms with van der Waals surface area (Å²) >= 11 is 6.27. The van der Waals surface area contributed by atoms with Crippen LogP contribution in [0.15, 0.2) is 266 Å². The van der Waals surface area contributed by atoms with Gasteiger partial charge >= 0.3 is 35.8 Å². The smallest absolute Gasteiger partial charge is 0.343 e. The molecule has 4 aliphatic heterocycles. The van der Waals surface area contributed by atoms with Crippen LogP contribution in [0.25, 0.3) is 18.2 Å². The molecule has 24 nitrogen and oxygen atoms in total. The Labute approximate surface area is 736 Å². The Bertz CT molecular complexity index is 5300. The maximum absolute atomic E-state index is 13.2. The van der Waals surface area contributed by atoms with Gasteiger partial charge in [0.15, 0.2) is 0 Å². The summed E-state index contributed by atoms with van der Waals surface area (Å²) in [7, 11) is 2.97. The van der Waals surface area contributed by atoms with Crippen molar-refractivity contribution >= 4 is 77.3 Å². The van der Waals surface area contributed by atoms with E-state index in [0.29, 0.717) is 68.1 Å². The number of Topliss-reactive ketones (excluding diaryl/α,β-unsaturated/α-hetero) is 1. The molecule has 25 heteroatoms. The van der Waals surface area contributed by atoms with Gasteiger partial charge in [-0.3, -0.25) is 24.0 Å². The number of aromatic hydroxyl groups is 8. The summed E-state index contributed by atoms with van der Waals surface area (Å²) < 4.78 is 33.5. The van der Waals surface area contributed by atoms with Gasteiger partial charge in [-0.15, -0.1) is 0 Å². The molecular weight excluding hydrogens is 1630 g/mol. The Morgan fingerprint density at radius 1 is 0.413 bits per heavy atom. The summed E-state index contributed by atoms with van der Waals surface area (Å²) in [5.74, 6) is -6.81. The zero-order chi connectivity index (χ0) is 90.6. The number of phenols is 8. The Hall–Kier alpha value is -14.2. The molecule has 8 aromatic carbocycles. The normalized spacial score (nSPS) is 18.7. The van der Waals surface area contributed by atoms with Gasteiger partial charge in [0, 0.05) is 94.8 Å². The maximum atomic E-state index is 13.2. The predicted molar refractivity (Wildman–Crippen MR) is 476 cm³/mol. The lowest BCUT2D eigenvalue weighted by Gasteiger charge is -2.23. The van der Waals surface area contributed by atoms with Crippen LogP contribution < -0.4 is 0 Å². The largest absolute Gasteiger partial charge is 0.508 e. The van der Waals surface area contributed by atoms with Crippen LogP contribution >= 0.6 is 11.6 Å². The zero-order valence-electron chi connectivity index (χ0n) is 70.4. The molecule has 4 aliphatic rings. The average Bonchev–Trinajstić information content (AvgIpc) is 0.816. The van der Waals surface area contributed by atoms with Crippen LogP contribution in [0, 0.1) is 5.92 Å². The molecule has 656 valence electrons. The number of phenolic OH excluding ortho intramolecular Hbond substituents is 8. The van der Waals surface area contributed by atoms with E-state index in [9.17, 15) is 79.2 Å². The Morgan fingerprint density at radius 2 is 0.770 bits per heavy atom. The minimum atomic E-state index is -0.832. The highest BCUT2D eigenvalue weighted by Gasteiger charge is 2.31. The van der Waals surface area contributed by atoms with E-state index >= 15 is 0 Å². The molecule has 0 fully saturated rings. The number of hydroxylamine groups is 2. The molecule has 0 bridgehead atoms. The SMILES string of the molecule is CC(=O)CC1=Cc2cc(O)cc(O)c2C(=O)O[C@H](c2ccccc2)C/C=C/CCC=C1.CC(=O)OC1=Cc2c(Cl)c(O)cc(O)c2C(=O)O[C@@H](c2ccccc2)C/C=C/CCC=C1.CC(=O)OC1=Cc2cc(O)cc(O)c2C(=O)O[C@@H](c2ccccc2)C/C=C/CCC=C1.CON(C)C(=O)CC1CC/C=C/C[C@H](c2ccccc2)OC(=O)c2c(O)cc(O)cc2C1. The van der Waals surface area contributed by atoms with E-state index in [1.807, 2.05) is 194 Å². The van der Waals surface area contributed by atoms with Crippen LogP contribution in [0.3, 0.4) is 0 Å². The Balaban J connectivity index is 0.000000190. The summed E-state index contributed by atoms with van der Waals surface area (Å²) in [6, 6.07) is 45.9. The Morgan fingerprint density at radius 3 is 1.18 bits per heavy atom. The van der Waals surface area contributed by atoms with Crippen LogP contribution in [0.5, 0.6) is 46.0 Å². The number of ketones is 1. The van der Waals surface area contributed by atoms with Gasteiger partial charge in [0.1, 0.15) is 110 Å². The average molecular weight is 1730 g/mol. The monoisotopic (exact) mass is 1730 g/mol. The van der Waals surface area contributed by atoms with E-state index < -0.39 is 77.5 Å². The molecular formula is C101H102ClNO23. The summed E-state index contributed by atoms with van der Waals surface area (Å²) in [5.41, 5.74) is 4.48. The molecule has 12 rings (SSSR count). The highest BCUT2D eigenvalue weighted by atomic mass is 35.5. The van der Waals surface area contributed by atoms with Crippen LogP contribution in [-0.4, -0.2) is 108 Å². The van der Waals surface area contributed by atoms with Crippen molar-refractivity contribution in [3.63, 3.8) is 0 Å². The van der Waals surface area contributed by atoms with Crippen LogP contribution in [0.2, 0.25) is 5.02 Å². The third-order valence-corrected chi connectivity index (χ3v) is 20.3. The van der Waals surface area contributed by atoms with Gasteiger partial charge in [-0.2, -0.15) is 0 Å². The van der Waals surface area contributed by atoms with Gasteiger partial charge < -0.3 is 69.3 Å². The van der Waals surface area contributed by atoms with Crippen LogP contribution in [0.1, 0.15) is 221 Å². The van der Waals surface area contributed by atoms with Gasteiger partial charge in [-0.1, -0.05) is 212 Å². The highest BCUT2D eigenvalue weighted by Crippen LogP contribution is 2.42. The molecule has 0 saturated carbocycles. The highest BCUT2D eigenvalue weighted by molar-refractivity contribution is 6.34. The molecule has 0 aromatic heterocycles. The summed E-state index contributed by atoms with van der Waals surface area (Å²) in [5, 5.41) is 82.9. The van der Waals surface area contributed by atoms with Crippen LogP contribution in [0.4, 0.5) is 0 Å². The van der Waals surface area contributed by atoms with Crippen LogP contribution in [-0.2, 0) is 58.9 Å². The molecule has 0 saturated heterocycles. The van der Waals surface area contributed by atoms with Gasteiger partial charge in [0.05, 0.1) is 12.1 Å². The number of hydrogen-bond donors (Lipinski definition) is 8. The zero-order valence-corrected chi connectivity index (χ0v) is 71.2. The van der Waals surface area contributed by atoms with E-state index in [1.165, 1.54) is 63.3 Å². The molecule has 4 heterocycles. The number of amides is 1. The molecule has 1 unspecified atom stereocenters. The number of fused-ring (bicyclic) bond motifs is 4. The second-order valence-electron chi connectivity index (χ2n) is 29.7. The number of cyclic esters (lactones) is 4. The quantitative estimate of drug-likeness (QED) is 0.0258. The standard InChI is InChI=1S/C26H26O5.C25H23ClO6.C25H29NO6.C25H24O6/c1-18(27)14-19-10-6-3-2-4-9-13-24(20-11-7-5-8-12-20)31-26(30)25-21(15-19)16-22(28)17-23(25)29;1-16(27)31-18-12-8-3-2-4-9-13-22(17-10-6-5-7-11-17)32-25(30)23-19(14-18)24(26)21(29)15-20(23)28;1-26(31-2)23(29)14-17-9-5-3-8-12-22(18-10-6-4-7-11-18)32-25(30)24-19(13-17)15-20(27)16-21(24)28;1-17(26)30-21-12-8-3-2-4-9-13-23(18-10-6-5-7-11-18)31-25(29)24-19(15-21)14-20(27)16-22(24)28/h4-12,15-17,24,28-29H,2-3,13-14H2,1H3;4-12,14-15,22,28-29H,2-3,13H2,1H3;3-4,6-8,10-11,15-17,22,27-28H,5,9,12-14H2,1-2H3;4-12,14-16,23,27-28H,2-3,13H2,1H3/b9-4+,10-6?,19-15?;9-4+,12-8?,18-14?;8-3+;9-4+,12-8?,21-15?/t24-;22-;17?,22-;23-/m0111/s1. The number of rotatable bonds is 11. The predicted octanol–water partition coefficient (Wildman–Crippen LogP) is 21.0. The second-order valence-corrected chi connectivity index (χ2v) is 30.0. The number of ether oxygens (including phenoxy) is 6. The van der Waals surface area contributed by atoms with E-state index in [2.05, 4.69) is 0 Å². The number of allylic oxidation sites excluding steroid dienone is 11. The molecule has 5 atom stereocenters. The van der Waals surface area contributed by atoms with Gasteiger partial charge in [0.2, 0.25) is 5.91 Å². The fourth-order valence-corrected chi connectivity index (χ4v) is 14.1. The minimum Gasteiger partial charge on any atom is -0.508 e. The lowest BCUT2D eigenvalue weighted by atomic mass is 9.88. The number of carbonyl (C=O) groups is 8. The first kappa shape index (κ1) is 95.6. The number of carbonyl (C=O) groups excluding carboxylic acids is 8. The lowest BCUT2D eigenvalue weighted by Crippen LogP contribution is -2.28. The molecule has 8 N–H and O–H groups in total. The van der Waals surface area contributed by atoms with Crippen molar-refractivity contribution in [1.29, 1.82) is 0 Å². The van der Waals surface area contributed by atoms with E-state index in [-0.39, 0.29) is 109 Å². The fourth-order valence-electron chi connectivity index (χ4n) is 13.9. The fraction of sp³-hybridized carbons (Fsp3) is 0.248. The topological polar surface area (TPSA) is 366 Å². The Kier molecular flexibility index (Phi) is 36.9. The van der Waals surface area contributed by atoms with Crippen molar-refractivity contribution in [2.45, 2.75) is 141 Å². The number of benzene rings is 8. The van der Waals surface area contributed by atoms with Crippen molar-refractivity contribution in [2.75, 3.05) is 14.2 Å². The summed E-state index contributed by atoms with van der Waals surface area (Å²) in [6.07, 6.45) is 37.2. The molecule has 0 spiro atoms. The third kappa shape index (κ3) is 29.5. The van der Waals surface area contributed by atoms with Gasteiger partial charge in [-0.05, 0) is 152 Å². The molecule has 0 radical (unpaired) electrons. The number of esters is 6. The lowest BCUT2D eigenvalue weighted by molar-refractivity contribution is -0.169. The minimum absolute atomic E-state index is 0.0190. The van der Waals surface area contributed by atoms with E-state index in [1.54, 1.807) is 25.3 Å². The van der Waals surface area contributed by atoms with Gasteiger partial charge in [-0.25, -0.2) is 24.2 Å². The van der Waals surface area contributed by atoms with Gasteiger partial charge in [0.25, 0.3) is 0 Å². The molecule has 126 heavy (non-hydrogen) atoms. The van der Waals surface area contributed by atoms with Crippen molar-refractivity contribution in [3.8, 4) is 46.0 Å². The first-order chi connectivity index (χ1) is 60.6. The van der Waals surface area contributed by atoms with Crippen molar-refractivity contribution in [2.24, 2.45) is 5.92 Å². The number of hydrogen-bond acceptors (Lipinski definition) is 23. The molecule has 8 aromatic rings. The van der Waals surface area contributed by atoms with E-state index in [0.717, 1.165) is 78.6 Å². The third-order valence-electron chi connectivity index (χ3n) is 19.9. The summed E-state index contributed by atoms with van der Waals surface area (Å²) in [4.78, 5) is 105. The number of halogens is 1. The molecule has 0 aliphatic carbocycles. The first-order valence-electron chi connectivity index (χ1n) is 41.0. The second kappa shape index (κ2) is 48.6. The summed E-state index contributed by atoms with van der Waals surface area (Å²) in [6.45, 7) is 3.99. The van der Waals surface area contributed by atoms with Crippen molar-refractivity contribution in [1.82, 2.24) is 5.06 Å².